The van der Waals surface area contributed by atoms with E-state index in [1.807, 2.05) is 0 Å². The van der Waals surface area contributed by atoms with Crippen LogP contribution in [0.5, 0.6) is 5.75 Å². The molecule has 1 aliphatic rings. The van der Waals surface area contributed by atoms with Gasteiger partial charge in [-0.05, 0) is 43.6 Å². The van der Waals surface area contributed by atoms with Crippen LogP contribution in [0.1, 0.15) is 16.8 Å². The van der Waals surface area contributed by atoms with Crippen molar-refractivity contribution in [2.75, 3.05) is 19.6 Å². The summed E-state index contributed by atoms with van der Waals surface area (Å²) < 4.78 is 0. The van der Waals surface area contributed by atoms with Gasteiger partial charge in [0.1, 0.15) is 5.75 Å². The number of phenols is 1. The number of carbonyl (C=O) groups is 1. The number of amides is 1. The first-order valence-corrected chi connectivity index (χ1v) is 6.02. The van der Waals surface area contributed by atoms with Gasteiger partial charge >= 0.3 is 0 Å². The zero-order valence-electron chi connectivity index (χ0n) is 9.37. The molecule has 1 aliphatic heterocycles. The van der Waals surface area contributed by atoms with Crippen molar-refractivity contribution >= 4 is 17.5 Å². The van der Waals surface area contributed by atoms with E-state index >= 15 is 0 Å². The van der Waals surface area contributed by atoms with E-state index in [-0.39, 0.29) is 17.2 Å². The quantitative estimate of drug-likeness (QED) is 0.764. The smallest absolute Gasteiger partial charge is 0.255 e. The number of hydrogen-bond acceptors (Lipinski definition) is 3. The largest absolute Gasteiger partial charge is 0.507 e. The van der Waals surface area contributed by atoms with E-state index in [9.17, 15) is 9.90 Å². The molecule has 0 saturated carbocycles. The van der Waals surface area contributed by atoms with Crippen LogP contribution < -0.4 is 10.6 Å². The second-order valence-corrected chi connectivity index (χ2v) is 4.67. The number of hydrogen-bond donors (Lipinski definition) is 3. The molecule has 1 aromatic rings. The van der Waals surface area contributed by atoms with Crippen molar-refractivity contribution < 1.29 is 9.90 Å². The lowest BCUT2D eigenvalue weighted by molar-refractivity contribution is 0.0945. The fourth-order valence-electron chi connectivity index (χ4n) is 1.91. The molecule has 0 aromatic heterocycles. The summed E-state index contributed by atoms with van der Waals surface area (Å²) in [4.78, 5) is 11.8. The highest BCUT2D eigenvalue weighted by molar-refractivity contribution is 6.31. The molecular weight excluding hydrogens is 240 g/mol. The minimum absolute atomic E-state index is 0.0450. The molecule has 4 nitrogen and oxygen atoms in total. The average Bonchev–Trinajstić information content (AvgIpc) is 2.82. The number of phenolic OH excluding ortho intramolecular Hbond substituents is 1. The highest BCUT2D eigenvalue weighted by Gasteiger charge is 2.17. The number of rotatable bonds is 3. The van der Waals surface area contributed by atoms with Gasteiger partial charge in [-0.3, -0.25) is 4.79 Å². The summed E-state index contributed by atoms with van der Waals surface area (Å²) in [6.45, 7) is 2.56. The monoisotopic (exact) mass is 254 g/mol. The van der Waals surface area contributed by atoms with Gasteiger partial charge in [0.25, 0.3) is 5.91 Å². The van der Waals surface area contributed by atoms with Crippen molar-refractivity contribution in [3.8, 4) is 5.75 Å². The van der Waals surface area contributed by atoms with Crippen molar-refractivity contribution in [1.82, 2.24) is 10.6 Å². The highest BCUT2D eigenvalue weighted by atomic mass is 35.5. The Bertz CT molecular complexity index is 417. The zero-order chi connectivity index (χ0) is 12.3. The molecule has 0 bridgehead atoms. The molecule has 1 aromatic carbocycles. The standard InChI is InChI=1S/C12H15ClN2O2/c13-9-1-2-11(16)10(5-9)12(17)15-7-8-3-4-14-6-8/h1-2,5,8,14,16H,3-4,6-7H2,(H,15,17). The van der Waals surface area contributed by atoms with Gasteiger partial charge < -0.3 is 15.7 Å². The summed E-state index contributed by atoms with van der Waals surface area (Å²) in [5, 5.41) is 16.1. The van der Waals surface area contributed by atoms with Crippen LogP contribution in [0.3, 0.4) is 0 Å². The van der Waals surface area contributed by atoms with Gasteiger partial charge in [0.05, 0.1) is 5.56 Å². The Balaban J connectivity index is 1.96. The Morgan fingerprint density at radius 2 is 2.41 bits per heavy atom. The fourth-order valence-corrected chi connectivity index (χ4v) is 2.08. The average molecular weight is 255 g/mol. The van der Waals surface area contributed by atoms with Gasteiger partial charge in [-0.25, -0.2) is 0 Å². The predicted octanol–water partition coefficient (Wildman–Crippen LogP) is 1.38. The Morgan fingerprint density at radius 1 is 1.59 bits per heavy atom. The minimum atomic E-state index is -0.281. The second kappa shape index (κ2) is 5.38. The lowest BCUT2D eigenvalue weighted by Gasteiger charge is -2.11. The van der Waals surface area contributed by atoms with Crippen molar-refractivity contribution in [1.29, 1.82) is 0 Å². The lowest BCUT2D eigenvalue weighted by atomic mass is 10.1. The molecule has 0 radical (unpaired) electrons. The van der Waals surface area contributed by atoms with Crippen LogP contribution in [0.2, 0.25) is 5.02 Å². The molecule has 3 N–H and O–H groups in total. The van der Waals surface area contributed by atoms with Crippen LogP contribution in [0.25, 0.3) is 0 Å². The lowest BCUT2D eigenvalue weighted by Crippen LogP contribution is -2.30. The molecule has 0 aliphatic carbocycles. The maximum absolute atomic E-state index is 11.8. The van der Waals surface area contributed by atoms with E-state index in [0.29, 0.717) is 17.5 Å². The maximum Gasteiger partial charge on any atom is 0.255 e. The van der Waals surface area contributed by atoms with Gasteiger partial charge in [-0.15, -0.1) is 0 Å². The third-order valence-corrected chi connectivity index (χ3v) is 3.15. The second-order valence-electron chi connectivity index (χ2n) is 4.23. The van der Waals surface area contributed by atoms with E-state index in [0.717, 1.165) is 19.5 Å². The third-order valence-electron chi connectivity index (χ3n) is 2.92. The maximum atomic E-state index is 11.8. The Kier molecular flexibility index (Phi) is 3.86. The van der Waals surface area contributed by atoms with Crippen molar-refractivity contribution in [2.45, 2.75) is 6.42 Å². The topological polar surface area (TPSA) is 61.4 Å². The molecule has 1 unspecified atom stereocenters. The molecule has 1 saturated heterocycles. The van der Waals surface area contributed by atoms with Gasteiger partial charge in [-0.2, -0.15) is 0 Å². The number of nitrogens with one attached hydrogen (secondary N) is 2. The minimum Gasteiger partial charge on any atom is -0.507 e. The Hall–Kier alpha value is -1.26. The van der Waals surface area contributed by atoms with E-state index in [2.05, 4.69) is 10.6 Å². The molecule has 1 fully saturated rings. The van der Waals surface area contributed by atoms with Crippen LogP contribution in [-0.4, -0.2) is 30.6 Å². The third kappa shape index (κ3) is 3.11. The summed E-state index contributed by atoms with van der Waals surface area (Å²) in [7, 11) is 0. The highest BCUT2D eigenvalue weighted by Crippen LogP contribution is 2.21. The van der Waals surface area contributed by atoms with Crippen molar-refractivity contribution in [2.24, 2.45) is 5.92 Å². The number of benzene rings is 1. The Labute approximate surface area is 105 Å². The molecule has 2 rings (SSSR count). The number of aromatic hydroxyl groups is 1. The van der Waals surface area contributed by atoms with Gasteiger partial charge in [0.2, 0.25) is 0 Å². The van der Waals surface area contributed by atoms with E-state index < -0.39 is 0 Å². The van der Waals surface area contributed by atoms with E-state index in [1.54, 1.807) is 6.07 Å². The molecule has 92 valence electrons. The first kappa shape index (κ1) is 12.2. The summed E-state index contributed by atoms with van der Waals surface area (Å²) in [5.41, 5.74) is 0.225. The van der Waals surface area contributed by atoms with Crippen LogP contribution >= 0.6 is 11.6 Å². The summed E-state index contributed by atoms with van der Waals surface area (Å²) in [6.07, 6.45) is 1.07. The SMILES string of the molecule is O=C(NCC1CCNC1)c1cc(Cl)ccc1O. The first-order valence-electron chi connectivity index (χ1n) is 5.64. The summed E-state index contributed by atoms with van der Waals surface area (Å²) in [5.74, 6) is 0.147. The van der Waals surface area contributed by atoms with Crippen LogP contribution in [0.15, 0.2) is 18.2 Å². The molecular formula is C12H15ClN2O2. The zero-order valence-corrected chi connectivity index (χ0v) is 10.1. The van der Waals surface area contributed by atoms with E-state index in [1.165, 1.54) is 12.1 Å². The van der Waals surface area contributed by atoms with Gasteiger partial charge in [-0.1, -0.05) is 11.6 Å². The summed E-state index contributed by atoms with van der Waals surface area (Å²) in [6, 6.07) is 4.45. The normalized spacial score (nSPS) is 19.2. The molecule has 1 heterocycles. The number of carbonyl (C=O) groups excluding carboxylic acids is 1. The van der Waals surface area contributed by atoms with Crippen molar-refractivity contribution in [3.63, 3.8) is 0 Å². The predicted molar refractivity (Wildman–Crippen MR) is 66.4 cm³/mol. The molecule has 1 atom stereocenters. The Morgan fingerprint density at radius 3 is 3.12 bits per heavy atom. The van der Waals surface area contributed by atoms with E-state index in [4.69, 9.17) is 11.6 Å². The fraction of sp³-hybridized carbons (Fsp3) is 0.417. The summed E-state index contributed by atoms with van der Waals surface area (Å²) >= 11 is 5.79. The molecule has 5 heteroatoms. The van der Waals surface area contributed by atoms with Gasteiger partial charge in [0, 0.05) is 11.6 Å². The first-order chi connectivity index (χ1) is 8.16. The van der Waals surface area contributed by atoms with Gasteiger partial charge in [0.15, 0.2) is 0 Å². The van der Waals surface area contributed by atoms with Crippen LogP contribution in [0.4, 0.5) is 0 Å². The number of halogens is 1. The molecule has 0 spiro atoms. The molecule has 1 amide bonds. The van der Waals surface area contributed by atoms with Crippen LogP contribution in [-0.2, 0) is 0 Å². The molecule has 17 heavy (non-hydrogen) atoms. The van der Waals surface area contributed by atoms with Crippen LogP contribution in [0, 0.1) is 5.92 Å². The van der Waals surface area contributed by atoms with Crippen molar-refractivity contribution in [3.05, 3.63) is 28.8 Å².